The monoisotopic (exact) mass is 426 g/mol. The van der Waals surface area contributed by atoms with Gasteiger partial charge in [-0.2, -0.15) is 10.2 Å². The minimum absolute atomic E-state index is 0.151. The fourth-order valence-electron chi connectivity index (χ4n) is 5.26. The molecule has 0 unspecified atom stereocenters. The molecular weight excluding hydrogens is 400 g/mol. The number of para-hydroxylation sites is 1. The van der Waals surface area contributed by atoms with Gasteiger partial charge in [0.15, 0.2) is 0 Å². The number of aliphatic hydroxyl groups is 1. The molecular formula is C25H26N6O. The largest absolute Gasteiger partial charge is 0.388 e. The molecule has 5 aromatic rings. The Bertz CT molecular complexity index is 1400. The highest BCUT2D eigenvalue weighted by Gasteiger charge is 2.36. The first-order valence-electron chi connectivity index (χ1n) is 11.2. The molecule has 2 aromatic carbocycles. The summed E-state index contributed by atoms with van der Waals surface area (Å²) in [6.45, 7) is 0.563. The number of hydrogen-bond acceptors (Lipinski definition) is 4. The molecule has 0 bridgehead atoms. The summed E-state index contributed by atoms with van der Waals surface area (Å²) in [5, 5.41) is 23.2. The predicted molar refractivity (Wildman–Crippen MR) is 124 cm³/mol. The second-order valence-corrected chi connectivity index (χ2v) is 9.10. The van der Waals surface area contributed by atoms with Gasteiger partial charge in [0.25, 0.3) is 0 Å². The molecule has 1 aliphatic rings. The lowest BCUT2D eigenvalue weighted by molar-refractivity contribution is -0.0285. The van der Waals surface area contributed by atoms with E-state index < -0.39 is 5.60 Å². The predicted octanol–water partition coefficient (Wildman–Crippen LogP) is 4.33. The van der Waals surface area contributed by atoms with E-state index in [1.807, 2.05) is 28.7 Å². The summed E-state index contributed by atoms with van der Waals surface area (Å²) < 4.78 is 5.96. The number of aryl methyl sites for hydroxylation is 1. The third-order valence-electron chi connectivity index (χ3n) is 6.68. The maximum absolute atomic E-state index is 11.4. The Hall–Kier alpha value is -3.45. The number of rotatable bonds is 4. The van der Waals surface area contributed by atoms with Gasteiger partial charge in [0.1, 0.15) is 5.69 Å². The van der Waals surface area contributed by atoms with Crippen molar-refractivity contribution in [1.82, 2.24) is 29.1 Å². The number of imidazole rings is 1. The van der Waals surface area contributed by atoms with E-state index in [0.29, 0.717) is 13.0 Å². The molecule has 32 heavy (non-hydrogen) atoms. The Kier molecular flexibility index (Phi) is 4.40. The standard InChI is InChI=1S/C25H26N6O/c1-29-15-19-13-18(8-9-22(19)27-29)24-21-6-2-3-7-23(21)31(28-24)20-5-4-10-25(32,14-20)16-30-12-11-26-17-30/h2-3,6-9,11-13,15,17,20,32H,4-5,10,14,16H2,1H3/t20-,25+/m1/s1. The van der Waals surface area contributed by atoms with Crippen LogP contribution in [-0.2, 0) is 13.6 Å². The van der Waals surface area contributed by atoms with E-state index in [2.05, 4.69) is 57.2 Å². The lowest BCUT2D eigenvalue weighted by atomic mass is 9.81. The van der Waals surface area contributed by atoms with Crippen molar-refractivity contribution >= 4 is 21.8 Å². The van der Waals surface area contributed by atoms with E-state index in [0.717, 1.165) is 52.3 Å². The van der Waals surface area contributed by atoms with Crippen LogP contribution in [0.1, 0.15) is 31.7 Å². The molecule has 0 amide bonds. The van der Waals surface area contributed by atoms with Crippen LogP contribution in [0.3, 0.4) is 0 Å². The summed E-state index contributed by atoms with van der Waals surface area (Å²) in [6, 6.07) is 14.9. The molecule has 0 radical (unpaired) electrons. The topological polar surface area (TPSA) is 73.7 Å². The van der Waals surface area contributed by atoms with Crippen LogP contribution >= 0.6 is 0 Å². The summed E-state index contributed by atoms with van der Waals surface area (Å²) in [5.74, 6) is 0. The van der Waals surface area contributed by atoms with Gasteiger partial charge >= 0.3 is 0 Å². The molecule has 0 spiro atoms. The molecule has 0 saturated heterocycles. The number of nitrogens with zero attached hydrogens (tertiary/aromatic N) is 6. The van der Waals surface area contributed by atoms with Crippen molar-refractivity contribution < 1.29 is 5.11 Å². The zero-order valence-corrected chi connectivity index (χ0v) is 18.1. The van der Waals surface area contributed by atoms with Gasteiger partial charge in [-0.15, -0.1) is 0 Å². The normalized spacial score (nSPS) is 21.5. The van der Waals surface area contributed by atoms with Gasteiger partial charge in [0, 0.05) is 48.4 Å². The van der Waals surface area contributed by atoms with Gasteiger partial charge in [-0.05, 0) is 37.5 Å². The molecule has 6 rings (SSSR count). The van der Waals surface area contributed by atoms with Gasteiger partial charge in [0.05, 0.1) is 35.5 Å². The molecule has 1 aliphatic carbocycles. The smallest absolute Gasteiger partial charge is 0.100 e. The Morgan fingerprint density at radius 1 is 1.16 bits per heavy atom. The summed E-state index contributed by atoms with van der Waals surface area (Å²) in [6.07, 6.45) is 10.9. The van der Waals surface area contributed by atoms with Gasteiger partial charge in [-0.25, -0.2) is 4.98 Å². The minimum atomic E-state index is -0.758. The molecule has 3 heterocycles. The Labute approximate surface area is 185 Å². The molecule has 7 heteroatoms. The van der Waals surface area contributed by atoms with Crippen molar-refractivity contribution in [2.24, 2.45) is 7.05 Å². The Morgan fingerprint density at radius 3 is 2.94 bits per heavy atom. The van der Waals surface area contributed by atoms with Crippen LogP contribution in [0.15, 0.2) is 67.4 Å². The maximum atomic E-state index is 11.4. The Balaban J connectivity index is 1.40. The highest BCUT2D eigenvalue weighted by Crippen LogP contribution is 2.39. The highest BCUT2D eigenvalue weighted by atomic mass is 16.3. The Morgan fingerprint density at radius 2 is 2.06 bits per heavy atom. The lowest BCUT2D eigenvalue weighted by Gasteiger charge is -2.37. The van der Waals surface area contributed by atoms with Gasteiger partial charge in [-0.1, -0.05) is 24.3 Å². The van der Waals surface area contributed by atoms with Gasteiger partial charge < -0.3 is 9.67 Å². The third kappa shape index (κ3) is 3.29. The molecule has 1 saturated carbocycles. The second kappa shape index (κ2) is 7.31. The average Bonchev–Trinajstić information content (AvgIpc) is 3.50. The molecule has 3 aromatic heterocycles. The molecule has 2 atom stereocenters. The van der Waals surface area contributed by atoms with Crippen molar-refractivity contribution in [1.29, 1.82) is 0 Å². The molecule has 1 fully saturated rings. The van der Waals surface area contributed by atoms with E-state index >= 15 is 0 Å². The van der Waals surface area contributed by atoms with Crippen LogP contribution in [0.4, 0.5) is 0 Å². The van der Waals surface area contributed by atoms with E-state index in [1.54, 1.807) is 12.5 Å². The number of fused-ring (bicyclic) bond motifs is 2. The fraction of sp³-hybridized carbons (Fsp3) is 0.320. The lowest BCUT2D eigenvalue weighted by Crippen LogP contribution is -2.40. The van der Waals surface area contributed by atoms with E-state index in [1.165, 1.54) is 0 Å². The van der Waals surface area contributed by atoms with Crippen LogP contribution in [-0.4, -0.2) is 39.8 Å². The first-order chi connectivity index (χ1) is 15.6. The summed E-state index contributed by atoms with van der Waals surface area (Å²) in [5.41, 5.74) is 3.41. The quantitative estimate of drug-likeness (QED) is 0.464. The fourth-order valence-corrected chi connectivity index (χ4v) is 5.26. The van der Waals surface area contributed by atoms with E-state index in [9.17, 15) is 5.11 Å². The van der Waals surface area contributed by atoms with Crippen LogP contribution in [0.2, 0.25) is 0 Å². The van der Waals surface area contributed by atoms with Crippen LogP contribution < -0.4 is 0 Å². The first-order valence-corrected chi connectivity index (χ1v) is 11.2. The van der Waals surface area contributed by atoms with Gasteiger partial charge in [-0.3, -0.25) is 9.36 Å². The number of hydrogen-bond donors (Lipinski definition) is 1. The average molecular weight is 427 g/mol. The molecule has 7 nitrogen and oxygen atoms in total. The van der Waals surface area contributed by atoms with Crippen LogP contribution in [0.5, 0.6) is 0 Å². The van der Waals surface area contributed by atoms with Crippen LogP contribution in [0.25, 0.3) is 33.1 Å². The van der Waals surface area contributed by atoms with Crippen molar-refractivity contribution in [3.05, 3.63) is 67.4 Å². The second-order valence-electron chi connectivity index (χ2n) is 9.10. The van der Waals surface area contributed by atoms with Crippen molar-refractivity contribution in [2.75, 3.05) is 0 Å². The summed E-state index contributed by atoms with van der Waals surface area (Å²) >= 11 is 0. The molecule has 0 aliphatic heterocycles. The van der Waals surface area contributed by atoms with Crippen LogP contribution in [0, 0.1) is 0 Å². The third-order valence-corrected chi connectivity index (χ3v) is 6.68. The van der Waals surface area contributed by atoms with Crippen molar-refractivity contribution in [2.45, 2.75) is 43.9 Å². The summed E-state index contributed by atoms with van der Waals surface area (Å²) in [7, 11) is 1.94. The zero-order chi connectivity index (χ0) is 21.7. The van der Waals surface area contributed by atoms with E-state index in [4.69, 9.17) is 5.10 Å². The van der Waals surface area contributed by atoms with Gasteiger partial charge in [0.2, 0.25) is 0 Å². The minimum Gasteiger partial charge on any atom is -0.388 e. The van der Waals surface area contributed by atoms with Crippen molar-refractivity contribution in [3.63, 3.8) is 0 Å². The highest BCUT2D eigenvalue weighted by molar-refractivity contribution is 5.95. The number of aromatic nitrogens is 6. The maximum Gasteiger partial charge on any atom is 0.100 e. The van der Waals surface area contributed by atoms with Crippen molar-refractivity contribution in [3.8, 4) is 11.3 Å². The first kappa shape index (κ1) is 19.3. The van der Waals surface area contributed by atoms with E-state index in [-0.39, 0.29) is 6.04 Å². The summed E-state index contributed by atoms with van der Waals surface area (Å²) in [4.78, 5) is 4.13. The molecule has 1 N–H and O–H groups in total. The molecule has 162 valence electrons. The zero-order valence-electron chi connectivity index (χ0n) is 18.1. The number of benzene rings is 2. The SMILES string of the molecule is Cn1cc2cc(-c3nn([C@@H]4CCC[C@@](O)(Cn5ccnc5)C4)c4ccccc34)ccc2n1.